The third kappa shape index (κ3) is 5.92. The Kier molecular flexibility index (Phi) is 9.20. The standard InChI is InChI=1S/C43H24N2O4S6/c46-41(48-21-23-11-3-1-4-12-23)43(42(47)49-22-24-13-5-2-6-14-24)39-37(54-31(44-39)19-29-33(50)25-15-7-8-16-26(25)34(29)51)38-40(43)45-32(55-38)20-30-35(52)27-17-9-10-18-28(27)36(30)53/h1-20H,21-22H2. The van der Waals surface area contributed by atoms with Gasteiger partial charge in [0.2, 0.25) is 0 Å². The summed E-state index contributed by atoms with van der Waals surface area (Å²) in [4.78, 5) is 43.3. The molecule has 0 spiro atoms. The number of thiocarbonyl (C=S) groups is 4. The van der Waals surface area contributed by atoms with Gasteiger partial charge in [-0.3, -0.25) is 0 Å². The molecule has 12 heteroatoms. The van der Waals surface area contributed by atoms with Gasteiger partial charge in [0, 0.05) is 33.4 Å². The van der Waals surface area contributed by atoms with Crippen LogP contribution in [0.3, 0.4) is 0 Å². The second kappa shape index (κ2) is 14.2. The minimum absolute atomic E-state index is 0.0816. The topological polar surface area (TPSA) is 78.4 Å². The Labute approximate surface area is 345 Å². The number of thiazole rings is 2. The van der Waals surface area contributed by atoms with Crippen molar-refractivity contribution >= 4 is 115 Å². The number of carbonyl (C=O) groups excluding carboxylic acids is 2. The Bertz CT molecular complexity index is 2470. The molecule has 6 aromatic rings. The highest BCUT2D eigenvalue weighted by Crippen LogP contribution is 2.55. The lowest BCUT2D eigenvalue weighted by molar-refractivity contribution is -0.164. The summed E-state index contributed by atoms with van der Waals surface area (Å²) in [5, 5.41) is 1.03. The zero-order valence-electron chi connectivity index (χ0n) is 28.4. The molecule has 2 aromatic heterocycles. The van der Waals surface area contributed by atoms with E-state index in [4.69, 9.17) is 68.3 Å². The summed E-state index contributed by atoms with van der Waals surface area (Å²) < 4.78 is 12.0. The number of rotatable bonds is 8. The third-order valence-corrected chi connectivity index (χ3v) is 13.5. The first-order valence-electron chi connectivity index (χ1n) is 17.0. The number of aromatic nitrogens is 2. The predicted octanol–water partition coefficient (Wildman–Crippen LogP) is 9.42. The molecule has 0 unspecified atom stereocenters. The van der Waals surface area contributed by atoms with Gasteiger partial charge in [-0.15, -0.1) is 22.7 Å². The molecule has 0 saturated carbocycles. The number of benzene rings is 4. The molecule has 0 amide bonds. The van der Waals surface area contributed by atoms with Crippen molar-refractivity contribution in [3.8, 4) is 9.75 Å². The van der Waals surface area contributed by atoms with Gasteiger partial charge in [0.25, 0.3) is 5.41 Å². The molecule has 9 rings (SSSR count). The molecule has 0 fully saturated rings. The zero-order chi connectivity index (χ0) is 37.8. The molecule has 0 bridgehead atoms. The van der Waals surface area contributed by atoms with Crippen molar-refractivity contribution in [1.29, 1.82) is 0 Å². The number of carbonyl (C=O) groups is 2. The quantitative estimate of drug-likeness (QED) is 0.0642. The molecule has 0 aliphatic heterocycles. The van der Waals surface area contributed by atoms with Crippen LogP contribution in [0.4, 0.5) is 0 Å². The van der Waals surface area contributed by atoms with Crippen molar-refractivity contribution in [1.82, 2.24) is 9.97 Å². The second-order valence-electron chi connectivity index (χ2n) is 12.9. The van der Waals surface area contributed by atoms with E-state index in [2.05, 4.69) is 0 Å². The molecule has 55 heavy (non-hydrogen) atoms. The van der Waals surface area contributed by atoms with Crippen LogP contribution in [0.1, 0.15) is 54.8 Å². The highest BCUT2D eigenvalue weighted by molar-refractivity contribution is 7.84. The Morgan fingerprint density at radius 3 is 1.20 bits per heavy atom. The maximum atomic E-state index is 14.8. The zero-order valence-corrected chi connectivity index (χ0v) is 33.3. The van der Waals surface area contributed by atoms with E-state index in [1.165, 1.54) is 22.7 Å². The van der Waals surface area contributed by atoms with E-state index in [1.54, 1.807) is 0 Å². The summed E-state index contributed by atoms with van der Waals surface area (Å²) in [7, 11) is 0. The monoisotopic (exact) mass is 824 g/mol. The fraction of sp³-hybridized carbons (Fsp3) is 0.0698. The lowest BCUT2D eigenvalue weighted by atomic mass is 9.84. The summed E-state index contributed by atoms with van der Waals surface area (Å²) in [5.74, 6) is -1.69. The van der Waals surface area contributed by atoms with E-state index in [0.29, 0.717) is 50.4 Å². The maximum absolute atomic E-state index is 14.8. The Morgan fingerprint density at radius 1 is 0.527 bits per heavy atom. The van der Waals surface area contributed by atoms with Crippen LogP contribution in [0.25, 0.3) is 21.9 Å². The van der Waals surface area contributed by atoms with Crippen LogP contribution in [0, 0.1) is 0 Å². The predicted molar refractivity (Wildman–Crippen MR) is 232 cm³/mol. The van der Waals surface area contributed by atoms with Gasteiger partial charge in [-0.05, 0) is 23.3 Å². The number of hydrogen-bond donors (Lipinski definition) is 0. The van der Waals surface area contributed by atoms with E-state index >= 15 is 0 Å². The Hall–Kier alpha value is -5.08. The maximum Gasteiger partial charge on any atom is 0.336 e. The summed E-state index contributed by atoms with van der Waals surface area (Å²) >= 11 is 26.1. The minimum atomic E-state index is -2.14. The van der Waals surface area contributed by atoms with Gasteiger partial charge >= 0.3 is 11.9 Å². The molecule has 3 aliphatic carbocycles. The number of allylic oxidation sites excluding steroid dienone is 2. The lowest BCUT2D eigenvalue weighted by Gasteiger charge is -2.24. The molecule has 0 N–H and O–H groups in total. The molecule has 2 heterocycles. The fourth-order valence-electron chi connectivity index (χ4n) is 6.91. The summed E-state index contributed by atoms with van der Waals surface area (Å²) in [5.41, 5.74) is 4.64. The normalized spacial score (nSPS) is 14.7. The van der Waals surface area contributed by atoms with Crippen LogP contribution < -0.4 is 0 Å². The second-order valence-corrected chi connectivity index (χ2v) is 16.6. The van der Waals surface area contributed by atoms with E-state index in [1.807, 2.05) is 121 Å². The molecule has 0 saturated heterocycles. The first-order valence-corrected chi connectivity index (χ1v) is 20.3. The lowest BCUT2D eigenvalue weighted by Crippen LogP contribution is -2.46. The largest absolute Gasteiger partial charge is 0.459 e. The van der Waals surface area contributed by atoms with Crippen molar-refractivity contribution in [3.63, 3.8) is 0 Å². The Morgan fingerprint density at radius 2 is 0.855 bits per heavy atom. The van der Waals surface area contributed by atoms with Gasteiger partial charge in [-0.25, -0.2) is 19.6 Å². The average molecular weight is 825 g/mol. The van der Waals surface area contributed by atoms with Crippen molar-refractivity contribution in [2.75, 3.05) is 0 Å². The van der Waals surface area contributed by atoms with Gasteiger partial charge in [0.15, 0.2) is 0 Å². The summed E-state index contributed by atoms with van der Waals surface area (Å²) in [6, 6.07) is 34.0. The average Bonchev–Trinajstić information content (AvgIpc) is 3.99. The molecule has 0 radical (unpaired) electrons. The summed E-state index contributed by atoms with van der Waals surface area (Å²) in [6.45, 7) is -0.163. The first-order chi connectivity index (χ1) is 26.8. The highest BCUT2D eigenvalue weighted by Gasteiger charge is 2.63. The molecule has 4 aromatic carbocycles. The van der Waals surface area contributed by atoms with Crippen molar-refractivity contribution in [2.45, 2.75) is 18.6 Å². The molecular weight excluding hydrogens is 801 g/mol. The van der Waals surface area contributed by atoms with E-state index in [9.17, 15) is 9.59 Å². The number of hydrogen-bond acceptors (Lipinski definition) is 12. The van der Waals surface area contributed by atoms with Gasteiger partial charge < -0.3 is 9.47 Å². The molecule has 6 nitrogen and oxygen atoms in total. The number of nitrogens with zero attached hydrogens (tertiary/aromatic N) is 2. The van der Waals surface area contributed by atoms with Gasteiger partial charge in [-0.2, -0.15) is 0 Å². The van der Waals surface area contributed by atoms with Crippen LogP contribution in [0.15, 0.2) is 120 Å². The first kappa shape index (κ1) is 35.6. The highest BCUT2D eigenvalue weighted by atomic mass is 32.1. The van der Waals surface area contributed by atoms with Gasteiger partial charge in [0.1, 0.15) is 23.2 Å². The molecular formula is C43H24N2O4S6. The SMILES string of the molecule is O=C(OCc1ccccc1)C1(C(=O)OCc2ccccc2)c2nc(C=C3C(=S)c4ccccc4C3=S)sc2-c2sc(C=C3C(=S)c4ccccc4C3=S)nc21. The van der Waals surface area contributed by atoms with E-state index in [-0.39, 0.29) is 24.6 Å². The molecule has 266 valence electrons. The summed E-state index contributed by atoms with van der Waals surface area (Å²) in [6.07, 6.45) is 3.67. The molecule has 0 atom stereocenters. The minimum Gasteiger partial charge on any atom is -0.459 e. The smallest absolute Gasteiger partial charge is 0.336 e. The van der Waals surface area contributed by atoms with E-state index in [0.717, 1.165) is 33.4 Å². The van der Waals surface area contributed by atoms with Crippen molar-refractivity contribution in [3.05, 3.63) is 175 Å². The third-order valence-electron chi connectivity index (χ3n) is 9.59. The molecule has 3 aliphatic rings. The van der Waals surface area contributed by atoms with Crippen molar-refractivity contribution in [2.24, 2.45) is 0 Å². The van der Waals surface area contributed by atoms with Gasteiger partial charge in [0.05, 0.1) is 40.6 Å². The van der Waals surface area contributed by atoms with Crippen LogP contribution >= 0.6 is 71.5 Å². The number of ether oxygens (including phenoxy) is 2. The van der Waals surface area contributed by atoms with Crippen LogP contribution in [-0.4, -0.2) is 41.4 Å². The van der Waals surface area contributed by atoms with Crippen molar-refractivity contribution < 1.29 is 19.1 Å². The van der Waals surface area contributed by atoms with E-state index < -0.39 is 17.4 Å². The van der Waals surface area contributed by atoms with Crippen LogP contribution in [-0.2, 0) is 37.7 Å². The van der Waals surface area contributed by atoms with Crippen LogP contribution in [0.2, 0.25) is 0 Å². The van der Waals surface area contributed by atoms with Gasteiger partial charge in [-0.1, -0.05) is 158 Å². The number of esters is 2. The fourth-order valence-corrected chi connectivity index (χ4v) is 10.7. The Balaban J connectivity index is 1.20. The number of fused-ring (bicyclic) bond motifs is 5. The van der Waals surface area contributed by atoms with Crippen LogP contribution in [0.5, 0.6) is 0 Å².